The van der Waals surface area contributed by atoms with Crippen LogP contribution in [0, 0.1) is 18.8 Å². The average Bonchev–Trinajstić information content (AvgIpc) is 3.88. The topological polar surface area (TPSA) is 242 Å². The van der Waals surface area contributed by atoms with Crippen LogP contribution in [0.2, 0.25) is 0 Å². The van der Waals surface area contributed by atoms with Crippen molar-refractivity contribution in [1.29, 1.82) is 0 Å². The van der Waals surface area contributed by atoms with Gasteiger partial charge in [-0.05, 0) is 137 Å². The van der Waals surface area contributed by atoms with Gasteiger partial charge < -0.3 is 31.1 Å². The number of tetrazole rings is 1. The molecule has 17 heteroatoms. The second-order valence-corrected chi connectivity index (χ2v) is 17.6. The Morgan fingerprint density at radius 3 is 2.34 bits per heavy atom. The van der Waals surface area contributed by atoms with Gasteiger partial charge in [0.25, 0.3) is 5.91 Å². The minimum absolute atomic E-state index is 0.0606. The van der Waals surface area contributed by atoms with Gasteiger partial charge in [-0.25, -0.2) is 4.79 Å². The molecule has 3 fully saturated rings. The van der Waals surface area contributed by atoms with Crippen molar-refractivity contribution < 1.29 is 33.8 Å². The van der Waals surface area contributed by atoms with Crippen molar-refractivity contribution in [2.45, 2.75) is 115 Å². The molecule has 4 heterocycles. The van der Waals surface area contributed by atoms with Gasteiger partial charge in [0.15, 0.2) is 0 Å². The van der Waals surface area contributed by atoms with Crippen LogP contribution in [-0.2, 0) is 25.5 Å². The van der Waals surface area contributed by atoms with E-state index in [4.69, 9.17) is 4.74 Å². The number of carboxylic acid groups (broad SMARTS) is 1. The molecule has 4 atom stereocenters. The number of amides is 4. The van der Waals surface area contributed by atoms with E-state index in [1.165, 1.54) is 0 Å². The molecule has 2 bridgehead atoms. The summed E-state index contributed by atoms with van der Waals surface area (Å²) in [6, 6.07) is 15.3. The summed E-state index contributed by atoms with van der Waals surface area (Å²) in [6.07, 6.45) is 6.51. The maximum absolute atomic E-state index is 13.9. The van der Waals surface area contributed by atoms with Crippen LogP contribution in [0.4, 0.5) is 10.5 Å². The molecule has 61 heavy (non-hydrogen) atoms. The first-order valence-electron chi connectivity index (χ1n) is 20.9. The Kier molecular flexibility index (Phi) is 12.8. The standard InChI is InChI=1S/C44H54N10O7/c1-25-19-35(39(56)48-33-21-32-17-18-44(22-33,50-32)41(58)59)45-24-34(25)28-9-5-26(6-10-28)20-36(40(57)47-31-15-13-29(14-16-31)37-51-53-54-52-37)49-38(55)30-11-7-27(8-12-30)23-46-42(60)61-43(2,3)4/h5-6,9-10,13-16,19,24,27,30,32-33,36,50H,7-8,11-12,17-18,20-23H2,1-4H3,(H,46,60)(H,47,57)(H,48,56)(H,49,55)(H,58,59)(H,51,52,53,54)/t27?,30?,32-,33?,36-,44+/m0/s1. The number of aromatic amines is 1. The molecule has 7 N–H and O–H groups in total. The number of H-pyrrole nitrogens is 1. The zero-order chi connectivity index (χ0) is 43.3. The van der Waals surface area contributed by atoms with E-state index in [9.17, 15) is 29.1 Å². The number of nitrogens with zero attached hydrogens (tertiary/aromatic N) is 4. The number of hydrogen-bond donors (Lipinski definition) is 7. The lowest BCUT2D eigenvalue weighted by molar-refractivity contribution is -0.145. The number of anilines is 1. The fourth-order valence-corrected chi connectivity index (χ4v) is 8.69. The highest BCUT2D eigenvalue weighted by molar-refractivity contribution is 5.98. The fourth-order valence-electron chi connectivity index (χ4n) is 8.69. The molecule has 322 valence electrons. The predicted octanol–water partition coefficient (Wildman–Crippen LogP) is 4.70. The van der Waals surface area contributed by atoms with Crippen molar-refractivity contribution >= 4 is 35.5 Å². The first-order valence-corrected chi connectivity index (χ1v) is 20.9. The van der Waals surface area contributed by atoms with Gasteiger partial charge in [-0.3, -0.25) is 29.5 Å². The van der Waals surface area contributed by atoms with Crippen LogP contribution in [0.1, 0.15) is 93.8 Å². The molecule has 0 spiro atoms. The van der Waals surface area contributed by atoms with Crippen molar-refractivity contribution in [2.75, 3.05) is 11.9 Å². The van der Waals surface area contributed by atoms with Crippen molar-refractivity contribution in [3.05, 3.63) is 77.6 Å². The molecule has 2 aromatic heterocycles. The summed E-state index contributed by atoms with van der Waals surface area (Å²) < 4.78 is 5.36. The zero-order valence-electron chi connectivity index (χ0n) is 34.9. The SMILES string of the molecule is Cc1cc(C(=O)NC2C[C@@H]3CC[C@](C(=O)O)(C2)N3)ncc1-c1ccc(C[C@H](NC(=O)C2CCC(CNC(=O)OC(C)(C)C)CC2)C(=O)Nc2ccc(-c3nn[nH]n3)cc2)cc1. The maximum Gasteiger partial charge on any atom is 0.407 e. The molecule has 1 unspecified atom stereocenters. The molecule has 2 aliphatic heterocycles. The van der Waals surface area contributed by atoms with E-state index >= 15 is 0 Å². The molecule has 2 aromatic carbocycles. The maximum atomic E-state index is 13.9. The number of carbonyl (C=O) groups is 5. The van der Waals surface area contributed by atoms with Crippen LogP contribution in [0.25, 0.3) is 22.5 Å². The number of alkyl carbamates (subject to hydrolysis) is 1. The summed E-state index contributed by atoms with van der Waals surface area (Å²) >= 11 is 0. The highest BCUT2D eigenvalue weighted by Crippen LogP contribution is 2.36. The number of aryl methyl sites for hydroxylation is 1. The third-order valence-corrected chi connectivity index (χ3v) is 11.9. The van der Waals surface area contributed by atoms with Crippen molar-refractivity contribution in [3.8, 4) is 22.5 Å². The van der Waals surface area contributed by atoms with Gasteiger partial charge in [-0.2, -0.15) is 5.21 Å². The lowest BCUT2D eigenvalue weighted by atomic mass is 9.81. The van der Waals surface area contributed by atoms with Crippen LogP contribution < -0.4 is 26.6 Å². The predicted molar refractivity (Wildman–Crippen MR) is 225 cm³/mol. The van der Waals surface area contributed by atoms with Crippen LogP contribution in [0.15, 0.2) is 60.8 Å². The highest BCUT2D eigenvalue weighted by atomic mass is 16.6. The Morgan fingerprint density at radius 1 is 0.967 bits per heavy atom. The summed E-state index contributed by atoms with van der Waals surface area (Å²) in [6.45, 7) is 7.83. The number of carboxylic acids is 1. The summed E-state index contributed by atoms with van der Waals surface area (Å²) in [5.41, 5.74) is 3.29. The van der Waals surface area contributed by atoms with Crippen molar-refractivity contribution in [2.24, 2.45) is 11.8 Å². The number of aromatic nitrogens is 5. The molecular formula is C44H54N10O7. The van der Waals surface area contributed by atoms with Gasteiger partial charge in [0.05, 0.1) is 0 Å². The van der Waals surface area contributed by atoms with Gasteiger partial charge >= 0.3 is 12.1 Å². The third-order valence-electron chi connectivity index (χ3n) is 11.9. The Labute approximate surface area is 354 Å². The van der Waals surface area contributed by atoms with Gasteiger partial charge in [-0.15, -0.1) is 10.2 Å². The summed E-state index contributed by atoms with van der Waals surface area (Å²) in [5.74, 6) is -1.42. The molecule has 3 aliphatic rings. The molecule has 17 nitrogen and oxygen atoms in total. The van der Waals surface area contributed by atoms with Gasteiger partial charge in [0.1, 0.15) is 22.9 Å². The summed E-state index contributed by atoms with van der Waals surface area (Å²) in [5, 5.41) is 38.9. The lowest BCUT2D eigenvalue weighted by Gasteiger charge is -2.36. The minimum Gasteiger partial charge on any atom is -0.480 e. The van der Waals surface area contributed by atoms with E-state index < -0.39 is 29.2 Å². The largest absolute Gasteiger partial charge is 0.480 e. The summed E-state index contributed by atoms with van der Waals surface area (Å²) in [4.78, 5) is 69.5. The zero-order valence-corrected chi connectivity index (χ0v) is 34.9. The number of benzene rings is 2. The Bertz CT molecular complexity index is 2220. The van der Waals surface area contributed by atoms with Gasteiger partial charge in [0, 0.05) is 54.0 Å². The van der Waals surface area contributed by atoms with Crippen LogP contribution in [0.5, 0.6) is 0 Å². The van der Waals surface area contributed by atoms with E-state index in [0.717, 1.165) is 47.1 Å². The van der Waals surface area contributed by atoms with Crippen LogP contribution >= 0.6 is 0 Å². The Morgan fingerprint density at radius 2 is 1.69 bits per heavy atom. The average molecular weight is 835 g/mol. The smallest absolute Gasteiger partial charge is 0.407 e. The molecule has 2 saturated heterocycles. The number of aliphatic carboxylic acids is 1. The number of hydrogen-bond acceptors (Lipinski definition) is 11. The monoisotopic (exact) mass is 834 g/mol. The number of nitrogens with one attached hydrogen (secondary N) is 6. The number of rotatable bonds is 13. The summed E-state index contributed by atoms with van der Waals surface area (Å²) in [7, 11) is 0. The second-order valence-electron chi connectivity index (χ2n) is 17.6. The number of fused-ring (bicyclic) bond motifs is 2. The first kappa shape index (κ1) is 42.9. The van der Waals surface area contributed by atoms with Gasteiger partial charge in [0.2, 0.25) is 17.6 Å². The number of carbonyl (C=O) groups excluding carboxylic acids is 4. The molecule has 1 aliphatic carbocycles. The van der Waals surface area contributed by atoms with Crippen LogP contribution in [-0.4, -0.2) is 96.3 Å². The lowest BCUT2D eigenvalue weighted by Crippen LogP contribution is -2.59. The number of ether oxygens (including phenoxy) is 1. The van der Waals surface area contributed by atoms with Crippen LogP contribution in [0.3, 0.4) is 0 Å². The molecule has 4 amide bonds. The van der Waals surface area contributed by atoms with Crippen molar-refractivity contribution in [3.63, 3.8) is 0 Å². The number of pyridine rings is 1. The van der Waals surface area contributed by atoms with E-state index in [0.29, 0.717) is 50.2 Å². The minimum atomic E-state index is -0.996. The third kappa shape index (κ3) is 10.8. The van der Waals surface area contributed by atoms with E-state index in [-0.39, 0.29) is 53.8 Å². The first-order chi connectivity index (χ1) is 29.1. The van der Waals surface area contributed by atoms with Crippen molar-refractivity contribution in [1.82, 2.24) is 46.9 Å². The van der Waals surface area contributed by atoms with E-state index in [2.05, 4.69) is 52.2 Å². The van der Waals surface area contributed by atoms with E-state index in [1.807, 2.05) is 52.0 Å². The molecular weight excluding hydrogens is 781 g/mol. The fraction of sp³-hybridized carbons (Fsp3) is 0.477. The Hall–Kier alpha value is -6.23. The van der Waals surface area contributed by atoms with E-state index in [1.54, 1.807) is 36.5 Å². The second kappa shape index (κ2) is 18.2. The highest BCUT2D eigenvalue weighted by Gasteiger charge is 2.50. The molecule has 7 rings (SSSR count). The normalized spacial score (nSPS) is 22.7. The van der Waals surface area contributed by atoms with Gasteiger partial charge in [-0.1, -0.05) is 24.3 Å². The molecule has 4 aromatic rings. The quantitative estimate of drug-likeness (QED) is 0.0970. The molecule has 1 saturated carbocycles. The number of piperidine rings is 1. The Balaban J connectivity index is 0.991. The molecule has 0 radical (unpaired) electrons.